The van der Waals surface area contributed by atoms with Crippen LogP contribution in [0.2, 0.25) is 0 Å². The zero-order valence-electron chi connectivity index (χ0n) is 12.3. The van der Waals surface area contributed by atoms with Gasteiger partial charge in [0.15, 0.2) is 0 Å². The van der Waals surface area contributed by atoms with Crippen LogP contribution in [0.3, 0.4) is 0 Å². The molecule has 0 bridgehead atoms. The number of benzene rings is 1. The van der Waals surface area contributed by atoms with Crippen LogP contribution in [0.5, 0.6) is 0 Å². The highest BCUT2D eigenvalue weighted by Gasteiger charge is 2.35. The fourth-order valence-electron chi connectivity index (χ4n) is 2.60. The Hall–Kier alpha value is -2.26. The van der Waals surface area contributed by atoms with Crippen LogP contribution in [0.15, 0.2) is 34.7 Å². The Morgan fingerprint density at radius 3 is 2.70 bits per heavy atom. The molecule has 23 heavy (non-hydrogen) atoms. The van der Waals surface area contributed by atoms with Gasteiger partial charge in [-0.2, -0.15) is 0 Å². The maximum Gasteiger partial charge on any atom is 0.325 e. The van der Waals surface area contributed by atoms with Crippen molar-refractivity contribution in [2.75, 3.05) is 17.2 Å². The van der Waals surface area contributed by atoms with Gasteiger partial charge in [-0.1, -0.05) is 35.4 Å². The number of sulfonamides is 1. The molecule has 1 saturated heterocycles. The van der Waals surface area contributed by atoms with Crippen LogP contribution >= 0.6 is 0 Å². The standard InChI is InChI=1S/C14H16N4O4S/c15-23(20,21)9-11-7-13(19)18(8-11)14-17-16-12(22-14)6-10-4-2-1-3-5-10/h1-5,11H,6-9H2,(H2,15,20,21). The van der Waals surface area contributed by atoms with Crippen molar-refractivity contribution in [2.24, 2.45) is 11.1 Å². The number of hydrogen-bond acceptors (Lipinski definition) is 6. The highest BCUT2D eigenvalue weighted by atomic mass is 32.2. The fraction of sp³-hybridized carbons (Fsp3) is 0.357. The van der Waals surface area contributed by atoms with E-state index in [9.17, 15) is 13.2 Å². The van der Waals surface area contributed by atoms with Gasteiger partial charge < -0.3 is 4.42 Å². The van der Waals surface area contributed by atoms with Crippen molar-refractivity contribution in [3.05, 3.63) is 41.8 Å². The first-order chi connectivity index (χ1) is 10.9. The molecule has 1 aliphatic heterocycles. The first-order valence-electron chi connectivity index (χ1n) is 7.08. The van der Waals surface area contributed by atoms with E-state index < -0.39 is 10.0 Å². The zero-order chi connectivity index (χ0) is 16.4. The summed E-state index contributed by atoms with van der Waals surface area (Å²) in [6.07, 6.45) is 0.573. The van der Waals surface area contributed by atoms with Crippen LogP contribution in [0, 0.1) is 5.92 Å². The summed E-state index contributed by atoms with van der Waals surface area (Å²) in [6.45, 7) is 0.211. The van der Waals surface area contributed by atoms with E-state index in [1.54, 1.807) is 0 Å². The molecule has 1 amide bonds. The van der Waals surface area contributed by atoms with Crippen LogP contribution in [-0.2, 0) is 21.2 Å². The van der Waals surface area contributed by atoms with Crippen molar-refractivity contribution in [3.63, 3.8) is 0 Å². The van der Waals surface area contributed by atoms with Crippen LogP contribution in [-0.4, -0.2) is 36.8 Å². The second-order valence-corrected chi connectivity index (χ2v) is 7.20. The van der Waals surface area contributed by atoms with Crippen molar-refractivity contribution in [3.8, 4) is 0 Å². The van der Waals surface area contributed by atoms with Crippen molar-refractivity contribution < 1.29 is 17.6 Å². The minimum atomic E-state index is -3.62. The average Bonchev–Trinajstić information content (AvgIpc) is 3.05. The average molecular weight is 336 g/mol. The summed E-state index contributed by atoms with van der Waals surface area (Å²) >= 11 is 0. The number of rotatable bonds is 5. The van der Waals surface area contributed by atoms with Gasteiger partial charge in [-0.25, -0.2) is 13.6 Å². The zero-order valence-corrected chi connectivity index (χ0v) is 13.1. The van der Waals surface area contributed by atoms with Crippen molar-refractivity contribution in [2.45, 2.75) is 12.8 Å². The molecule has 0 aliphatic carbocycles. The lowest BCUT2D eigenvalue weighted by Crippen LogP contribution is -2.27. The maximum absolute atomic E-state index is 12.0. The van der Waals surface area contributed by atoms with E-state index in [2.05, 4.69) is 10.2 Å². The summed E-state index contributed by atoms with van der Waals surface area (Å²) < 4.78 is 27.8. The number of carbonyl (C=O) groups is 1. The first-order valence-corrected chi connectivity index (χ1v) is 8.79. The van der Waals surface area contributed by atoms with Gasteiger partial charge in [0.2, 0.25) is 21.8 Å². The van der Waals surface area contributed by atoms with Crippen LogP contribution in [0.25, 0.3) is 0 Å². The Kier molecular flexibility index (Phi) is 4.14. The van der Waals surface area contributed by atoms with Gasteiger partial charge in [0.1, 0.15) is 0 Å². The molecule has 122 valence electrons. The predicted molar refractivity (Wildman–Crippen MR) is 82.0 cm³/mol. The number of aromatic nitrogens is 2. The molecule has 0 radical (unpaired) electrons. The highest BCUT2D eigenvalue weighted by molar-refractivity contribution is 7.89. The third kappa shape index (κ3) is 3.93. The minimum Gasteiger partial charge on any atom is -0.407 e. The molecule has 1 aliphatic rings. The van der Waals surface area contributed by atoms with Crippen molar-refractivity contribution in [1.29, 1.82) is 0 Å². The molecule has 0 saturated carbocycles. The van der Waals surface area contributed by atoms with Crippen LogP contribution < -0.4 is 10.0 Å². The van der Waals surface area contributed by atoms with E-state index >= 15 is 0 Å². The molecular weight excluding hydrogens is 320 g/mol. The normalized spacial score (nSPS) is 18.6. The molecule has 9 heteroatoms. The van der Waals surface area contributed by atoms with E-state index in [0.717, 1.165) is 5.56 Å². The third-order valence-electron chi connectivity index (χ3n) is 3.56. The number of hydrogen-bond donors (Lipinski definition) is 1. The SMILES string of the molecule is NS(=O)(=O)CC1CC(=O)N(c2nnc(Cc3ccccc3)o2)C1. The summed E-state index contributed by atoms with van der Waals surface area (Å²) in [5.74, 6) is -0.440. The van der Waals surface area contributed by atoms with Gasteiger partial charge in [-0.3, -0.25) is 9.69 Å². The number of nitrogens with two attached hydrogens (primary N) is 1. The van der Waals surface area contributed by atoms with E-state index in [1.807, 2.05) is 30.3 Å². The highest BCUT2D eigenvalue weighted by Crippen LogP contribution is 2.25. The Balaban J connectivity index is 1.69. The Bertz CT molecular complexity index is 803. The minimum absolute atomic E-state index is 0.0952. The number of nitrogens with zero attached hydrogens (tertiary/aromatic N) is 3. The van der Waals surface area contributed by atoms with Crippen molar-refractivity contribution in [1.82, 2.24) is 10.2 Å². The van der Waals surface area contributed by atoms with Gasteiger partial charge >= 0.3 is 6.01 Å². The molecule has 1 atom stereocenters. The lowest BCUT2D eigenvalue weighted by molar-refractivity contribution is -0.117. The second-order valence-electron chi connectivity index (χ2n) is 5.54. The van der Waals surface area contributed by atoms with Gasteiger partial charge in [0.05, 0.1) is 12.2 Å². The largest absolute Gasteiger partial charge is 0.407 e. The molecular formula is C14H16N4O4S. The van der Waals surface area contributed by atoms with Gasteiger partial charge in [0.25, 0.3) is 0 Å². The number of anilines is 1. The topological polar surface area (TPSA) is 119 Å². The summed E-state index contributed by atoms with van der Waals surface area (Å²) in [5, 5.41) is 12.8. The number of primary sulfonamides is 1. The number of carbonyl (C=O) groups excluding carboxylic acids is 1. The van der Waals surface area contributed by atoms with E-state index in [1.165, 1.54) is 4.90 Å². The molecule has 1 fully saturated rings. The van der Waals surface area contributed by atoms with Gasteiger partial charge in [-0.05, 0) is 5.56 Å². The van der Waals surface area contributed by atoms with Gasteiger partial charge in [-0.15, -0.1) is 5.10 Å². The molecule has 8 nitrogen and oxygen atoms in total. The molecule has 0 spiro atoms. The molecule has 2 heterocycles. The molecule has 3 rings (SSSR count). The van der Waals surface area contributed by atoms with E-state index in [-0.39, 0.29) is 36.6 Å². The first kappa shape index (κ1) is 15.6. The summed E-state index contributed by atoms with van der Waals surface area (Å²) in [4.78, 5) is 13.3. The smallest absolute Gasteiger partial charge is 0.325 e. The summed E-state index contributed by atoms with van der Waals surface area (Å²) in [7, 11) is -3.62. The maximum atomic E-state index is 12.0. The Morgan fingerprint density at radius 1 is 1.26 bits per heavy atom. The summed E-state index contributed by atoms with van der Waals surface area (Å²) in [6, 6.07) is 9.71. The van der Waals surface area contributed by atoms with Crippen LogP contribution in [0.4, 0.5) is 6.01 Å². The Labute approximate surface area is 133 Å². The number of amides is 1. The molecule has 2 aromatic rings. The fourth-order valence-corrected chi connectivity index (χ4v) is 3.48. The second kappa shape index (κ2) is 6.09. The molecule has 2 N–H and O–H groups in total. The lowest BCUT2D eigenvalue weighted by Gasteiger charge is -2.10. The predicted octanol–water partition coefficient (Wildman–Crippen LogP) is 0.302. The van der Waals surface area contributed by atoms with E-state index in [4.69, 9.17) is 9.56 Å². The lowest BCUT2D eigenvalue weighted by atomic mass is 10.1. The van der Waals surface area contributed by atoms with Gasteiger partial charge in [0, 0.05) is 18.9 Å². The quantitative estimate of drug-likeness (QED) is 0.838. The van der Waals surface area contributed by atoms with Crippen molar-refractivity contribution >= 4 is 21.9 Å². The molecule has 1 aromatic carbocycles. The summed E-state index contributed by atoms with van der Waals surface area (Å²) in [5.41, 5.74) is 1.02. The molecule has 1 aromatic heterocycles. The monoisotopic (exact) mass is 336 g/mol. The van der Waals surface area contributed by atoms with Crippen LogP contribution in [0.1, 0.15) is 17.9 Å². The molecule has 1 unspecified atom stereocenters. The van der Waals surface area contributed by atoms with E-state index in [0.29, 0.717) is 12.3 Å². The Morgan fingerprint density at radius 2 is 2.00 bits per heavy atom. The third-order valence-corrected chi connectivity index (χ3v) is 4.49.